The lowest BCUT2D eigenvalue weighted by molar-refractivity contribution is -0.134. The number of rotatable bonds is 5. The molecule has 222 valence electrons. The maximum absolute atomic E-state index is 13.5. The molecule has 3 aliphatic heterocycles. The first kappa shape index (κ1) is 29.3. The van der Waals surface area contributed by atoms with Gasteiger partial charge in [-0.05, 0) is 77.9 Å². The fraction of sp³-hybridized carbons (Fsp3) is 0.394. The molecule has 0 fully saturated rings. The Bertz CT molecular complexity index is 1420. The van der Waals surface area contributed by atoms with Crippen LogP contribution in [0.3, 0.4) is 0 Å². The van der Waals surface area contributed by atoms with Crippen LogP contribution in [0.15, 0.2) is 54.6 Å². The fourth-order valence-electron chi connectivity index (χ4n) is 5.52. The van der Waals surface area contributed by atoms with Crippen molar-refractivity contribution in [3.05, 3.63) is 76.9 Å². The summed E-state index contributed by atoms with van der Waals surface area (Å²) in [4.78, 5) is 27.8. The molecule has 1 atom stereocenters. The van der Waals surface area contributed by atoms with E-state index in [9.17, 15) is 9.59 Å². The van der Waals surface area contributed by atoms with E-state index in [1.165, 1.54) is 0 Å². The zero-order chi connectivity index (χ0) is 29.5. The third kappa shape index (κ3) is 6.62. The molecule has 0 aromatic heterocycles. The quantitative estimate of drug-likeness (QED) is 0.466. The molecular weight excluding hydrogens is 536 g/mol. The molecule has 3 aromatic rings. The van der Waals surface area contributed by atoms with Crippen molar-refractivity contribution in [1.82, 2.24) is 10.2 Å². The van der Waals surface area contributed by atoms with Gasteiger partial charge in [-0.2, -0.15) is 0 Å². The second kappa shape index (κ2) is 13.6. The third-order valence-electron chi connectivity index (χ3n) is 7.67. The molecule has 0 aliphatic carbocycles. The largest absolute Gasteiger partial charge is 0.493 e. The van der Waals surface area contributed by atoms with Gasteiger partial charge in [-0.3, -0.25) is 9.59 Å². The van der Waals surface area contributed by atoms with Crippen molar-refractivity contribution in [3.63, 3.8) is 0 Å². The van der Waals surface area contributed by atoms with E-state index >= 15 is 0 Å². The minimum absolute atomic E-state index is 0.00657. The Balaban J connectivity index is 1.61. The molecule has 8 bridgehead atoms. The number of carbonyl (C=O) groups excluding carboxylic acids is 2. The van der Waals surface area contributed by atoms with Crippen LogP contribution >= 0.6 is 0 Å². The van der Waals surface area contributed by atoms with E-state index in [1.54, 1.807) is 21.3 Å². The zero-order valence-electron chi connectivity index (χ0n) is 24.4. The first-order valence-electron chi connectivity index (χ1n) is 14.3. The van der Waals surface area contributed by atoms with Crippen LogP contribution in [-0.4, -0.2) is 64.3 Å². The van der Waals surface area contributed by atoms with Gasteiger partial charge in [0.2, 0.25) is 11.8 Å². The summed E-state index contributed by atoms with van der Waals surface area (Å²) in [5.74, 6) is 3.00. The lowest BCUT2D eigenvalue weighted by Gasteiger charge is -2.38. The molecule has 0 radical (unpaired) electrons. The third-order valence-corrected chi connectivity index (χ3v) is 7.67. The molecule has 3 aromatic carbocycles. The molecule has 0 spiro atoms. The van der Waals surface area contributed by atoms with Gasteiger partial charge < -0.3 is 33.9 Å². The molecule has 3 heterocycles. The Hall–Kier alpha value is -4.24. The van der Waals surface area contributed by atoms with E-state index in [0.29, 0.717) is 80.7 Å². The summed E-state index contributed by atoms with van der Waals surface area (Å²) in [5, 5.41) is 2.97. The summed E-state index contributed by atoms with van der Waals surface area (Å²) in [6, 6.07) is 17.2. The molecule has 0 saturated heterocycles. The highest BCUT2D eigenvalue weighted by molar-refractivity contribution is 5.78. The molecule has 6 rings (SSSR count). The van der Waals surface area contributed by atoms with Crippen molar-refractivity contribution in [1.29, 1.82) is 0 Å². The number of nitrogens with zero attached hydrogens (tertiary/aromatic N) is 1. The maximum Gasteiger partial charge on any atom is 0.225 e. The number of hydrogen-bond acceptors (Lipinski definition) is 7. The van der Waals surface area contributed by atoms with Gasteiger partial charge in [0.05, 0.1) is 39.9 Å². The molecule has 0 saturated carbocycles. The second-order valence-electron chi connectivity index (χ2n) is 10.4. The highest BCUT2D eigenvalue weighted by atomic mass is 16.5. The lowest BCUT2D eigenvalue weighted by atomic mass is 9.87. The van der Waals surface area contributed by atoms with Gasteiger partial charge in [-0.25, -0.2) is 0 Å². The first-order chi connectivity index (χ1) is 20.5. The van der Waals surface area contributed by atoms with Crippen molar-refractivity contribution >= 4 is 11.8 Å². The van der Waals surface area contributed by atoms with E-state index in [2.05, 4.69) is 5.32 Å². The summed E-state index contributed by atoms with van der Waals surface area (Å²) in [5.41, 5.74) is 3.95. The van der Waals surface area contributed by atoms with Crippen molar-refractivity contribution < 1.29 is 33.3 Å². The van der Waals surface area contributed by atoms with Gasteiger partial charge in [0.25, 0.3) is 0 Å². The van der Waals surface area contributed by atoms with Crippen LogP contribution in [0.5, 0.6) is 28.7 Å². The average Bonchev–Trinajstić information content (AvgIpc) is 3.01. The summed E-state index contributed by atoms with van der Waals surface area (Å²) in [6.07, 6.45) is 2.56. The van der Waals surface area contributed by atoms with Gasteiger partial charge in [0.1, 0.15) is 5.75 Å². The van der Waals surface area contributed by atoms with Gasteiger partial charge in [0, 0.05) is 26.6 Å². The molecule has 1 N–H and O–H groups in total. The SMILES string of the molecule is COCCC(=O)N1CCc2cc3c(OC)cc2C1c1ccc(OC)c(c1)OCCCNC(=O)CCc1cccc(c1)O3. The highest BCUT2D eigenvalue weighted by Crippen LogP contribution is 2.44. The average molecular weight is 575 g/mol. The minimum atomic E-state index is -0.373. The monoisotopic (exact) mass is 574 g/mol. The van der Waals surface area contributed by atoms with Crippen molar-refractivity contribution in [2.45, 2.75) is 38.1 Å². The molecule has 1 unspecified atom stereocenters. The number of ether oxygens (including phenoxy) is 5. The predicted molar refractivity (Wildman–Crippen MR) is 158 cm³/mol. The summed E-state index contributed by atoms with van der Waals surface area (Å²) in [7, 11) is 4.81. The maximum atomic E-state index is 13.5. The van der Waals surface area contributed by atoms with E-state index in [4.69, 9.17) is 23.7 Å². The lowest BCUT2D eigenvalue weighted by Crippen LogP contribution is -2.41. The number of benzene rings is 3. The number of hydrogen-bond donors (Lipinski definition) is 1. The fourth-order valence-corrected chi connectivity index (χ4v) is 5.52. The van der Waals surface area contributed by atoms with Crippen LogP contribution < -0.4 is 24.3 Å². The van der Waals surface area contributed by atoms with Crippen LogP contribution in [0, 0.1) is 0 Å². The molecule has 9 heteroatoms. The van der Waals surface area contributed by atoms with Gasteiger partial charge in [-0.1, -0.05) is 18.2 Å². The number of methoxy groups -OCH3 is 3. The normalized spacial score (nSPS) is 17.0. The molecule has 3 aliphatic rings. The summed E-state index contributed by atoms with van der Waals surface area (Å²) < 4.78 is 29.1. The van der Waals surface area contributed by atoms with Crippen LogP contribution in [0.2, 0.25) is 0 Å². The number of nitrogens with one attached hydrogen (secondary N) is 1. The molecule has 9 nitrogen and oxygen atoms in total. The van der Waals surface area contributed by atoms with Crippen molar-refractivity contribution in [2.24, 2.45) is 0 Å². The van der Waals surface area contributed by atoms with E-state index in [0.717, 1.165) is 22.3 Å². The first-order valence-corrected chi connectivity index (χ1v) is 14.3. The Labute approximate surface area is 246 Å². The van der Waals surface area contributed by atoms with E-state index in [-0.39, 0.29) is 24.3 Å². The number of carbonyl (C=O) groups is 2. The van der Waals surface area contributed by atoms with Crippen LogP contribution in [-0.2, 0) is 27.2 Å². The number of amides is 2. The molecule has 2 amide bonds. The zero-order valence-corrected chi connectivity index (χ0v) is 24.4. The summed E-state index contributed by atoms with van der Waals surface area (Å²) in [6.45, 7) is 1.79. The summed E-state index contributed by atoms with van der Waals surface area (Å²) >= 11 is 0. The minimum Gasteiger partial charge on any atom is -0.493 e. The standard InChI is InChI=1S/C33H38N2O7/c1-38-17-13-32(37)35-15-12-23-19-30-28(40-3)21-26(23)33(35)24-9-10-27(39-2)29(20-24)41-16-5-14-34-31(36)11-8-22-6-4-7-25(18-22)42-30/h4,6-7,9-10,18-21,33H,5,8,11-17H2,1-3H3,(H,34,36). The Kier molecular flexibility index (Phi) is 9.48. The second-order valence-corrected chi connectivity index (χ2v) is 10.4. The van der Waals surface area contributed by atoms with Gasteiger partial charge in [-0.15, -0.1) is 0 Å². The number of fused-ring (bicyclic) bond motifs is 8. The Morgan fingerprint density at radius 3 is 2.64 bits per heavy atom. The topological polar surface area (TPSA) is 95.6 Å². The van der Waals surface area contributed by atoms with E-state index in [1.807, 2.05) is 59.5 Å². The highest BCUT2D eigenvalue weighted by Gasteiger charge is 2.34. The Morgan fingerprint density at radius 2 is 1.83 bits per heavy atom. The molecule has 42 heavy (non-hydrogen) atoms. The smallest absolute Gasteiger partial charge is 0.225 e. The van der Waals surface area contributed by atoms with Crippen LogP contribution in [0.1, 0.15) is 47.6 Å². The van der Waals surface area contributed by atoms with Gasteiger partial charge in [0.15, 0.2) is 23.0 Å². The molecular formula is C33H38N2O7. The van der Waals surface area contributed by atoms with Crippen molar-refractivity contribution in [2.75, 3.05) is 47.6 Å². The van der Waals surface area contributed by atoms with Crippen LogP contribution in [0.25, 0.3) is 0 Å². The van der Waals surface area contributed by atoms with Gasteiger partial charge >= 0.3 is 0 Å². The Morgan fingerprint density at radius 1 is 0.976 bits per heavy atom. The predicted octanol–water partition coefficient (Wildman–Crippen LogP) is 4.84. The van der Waals surface area contributed by atoms with E-state index < -0.39 is 0 Å². The van der Waals surface area contributed by atoms with Crippen molar-refractivity contribution in [3.8, 4) is 28.7 Å². The van der Waals surface area contributed by atoms with Crippen LogP contribution in [0.4, 0.5) is 0 Å². The number of aryl methyl sites for hydroxylation is 1.